The molecule has 2 unspecified atom stereocenters. The van der Waals surface area contributed by atoms with Gasteiger partial charge in [-0.25, -0.2) is 8.42 Å². The zero-order valence-corrected chi connectivity index (χ0v) is 15.2. The Hall–Kier alpha value is -2.34. The Morgan fingerprint density at radius 1 is 0.960 bits per heavy atom. The molecule has 6 heteroatoms. The van der Waals surface area contributed by atoms with Crippen LogP contribution in [0.4, 0.5) is 0 Å². The molecule has 0 aliphatic carbocycles. The Labute approximate surface area is 147 Å². The Morgan fingerprint density at radius 3 is 1.92 bits per heavy atom. The number of phenolic OH excluding ortho intramolecular Hbond substituents is 1. The Kier molecular flexibility index (Phi) is 5.23. The summed E-state index contributed by atoms with van der Waals surface area (Å²) in [5.74, 6) is -2.35. The molecule has 2 atom stereocenters. The van der Waals surface area contributed by atoms with Crippen molar-refractivity contribution in [3.05, 3.63) is 60.2 Å². The smallest absolute Gasteiger partial charge is 0.308 e. The maximum atomic E-state index is 13.3. The molecule has 2 rings (SSSR count). The van der Waals surface area contributed by atoms with Gasteiger partial charge in [-0.15, -0.1) is 0 Å². The van der Waals surface area contributed by atoms with Crippen molar-refractivity contribution in [3.8, 4) is 5.75 Å². The lowest BCUT2D eigenvalue weighted by Gasteiger charge is -2.34. The van der Waals surface area contributed by atoms with Crippen molar-refractivity contribution in [1.82, 2.24) is 0 Å². The van der Waals surface area contributed by atoms with Crippen LogP contribution in [-0.2, 0) is 14.6 Å². The quantitative estimate of drug-likeness (QED) is 0.847. The molecule has 5 nitrogen and oxygen atoms in total. The third-order valence-corrected chi connectivity index (χ3v) is 6.27. The van der Waals surface area contributed by atoms with E-state index in [1.54, 1.807) is 39.0 Å². The molecule has 0 saturated carbocycles. The van der Waals surface area contributed by atoms with Gasteiger partial charge in [-0.1, -0.05) is 51.1 Å². The third-order valence-electron chi connectivity index (χ3n) is 4.13. The molecule has 2 N–H and O–H groups in total. The summed E-state index contributed by atoms with van der Waals surface area (Å²) < 4.78 is 26.6. The van der Waals surface area contributed by atoms with Gasteiger partial charge in [0.25, 0.3) is 0 Å². The summed E-state index contributed by atoms with van der Waals surface area (Å²) in [5, 5.41) is 18.0. The summed E-state index contributed by atoms with van der Waals surface area (Å²) in [6, 6.07) is 13.5. The van der Waals surface area contributed by atoms with Gasteiger partial charge in [0.1, 0.15) is 11.0 Å². The van der Waals surface area contributed by atoms with Crippen LogP contribution in [0.25, 0.3) is 0 Å². The third kappa shape index (κ3) is 4.02. The van der Waals surface area contributed by atoms with E-state index in [4.69, 9.17) is 0 Å². The maximum Gasteiger partial charge on any atom is 0.308 e. The van der Waals surface area contributed by atoms with Crippen molar-refractivity contribution in [3.63, 3.8) is 0 Å². The first kappa shape index (κ1) is 19.0. The molecule has 0 spiro atoms. The van der Waals surface area contributed by atoms with Crippen molar-refractivity contribution in [2.24, 2.45) is 11.3 Å². The van der Waals surface area contributed by atoms with Crippen molar-refractivity contribution in [2.45, 2.75) is 30.9 Å². The van der Waals surface area contributed by atoms with Crippen molar-refractivity contribution < 1.29 is 23.4 Å². The number of carboxylic acids is 1. The molecule has 0 aliphatic heterocycles. The van der Waals surface area contributed by atoms with E-state index in [0.29, 0.717) is 5.56 Å². The first-order valence-corrected chi connectivity index (χ1v) is 9.40. The predicted octanol–water partition coefficient (Wildman–Crippen LogP) is 3.65. The average molecular weight is 362 g/mol. The lowest BCUT2D eigenvalue weighted by molar-refractivity contribution is -0.145. The lowest BCUT2D eigenvalue weighted by atomic mass is 9.77. The highest BCUT2D eigenvalue weighted by molar-refractivity contribution is 7.91. The second-order valence-corrected chi connectivity index (χ2v) is 9.12. The van der Waals surface area contributed by atoms with Gasteiger partial charge < -0.3 is 10.2 Å². The molecule has 0 aromatic heterocycles. The Bertz CT molecular complexity index is 834. The Balaban J connectivity index is 2.72. The lowest BCUT2D eigenvalue weighted by Crippen LogP contribution is -2.37. The van der Waals surface area contributed by atoms with Crippen LogP contribution >= 0.6 is 0 Å². The molecule has 0 fully saturated rings. The number of carbonyl (C=O) groups is 1. The maximum absolute atomic E-state index is 13.3. The minimum absolute atomic E-state index is 0.0118. The van der Waals surface area contributed by atoms with Gasteiger partial charge in [-0.3, -0.25) is 4.79 Å². The van der Waals surface area contributed by atoms with E-state index < -0.39 is 32.4 Å². The van der Waals surface area contributed by atoms with Crippen LogP contribution in [0.15, 0.2) is 59.5 Å². The number of benzene rings is 2. The normalized spacial score (nSPS) is 14.7. The molecular formula is C19H22O5S. The second kappa shape index (κ2) is 6.88. The first-order valence-electron chi connectivity index (χ1n) is 7.86. The molecular weight excluding hydrogens is 340 g/mol. The topological polar surface area (TPSA) is 91.7 Å². The minimum atomic E-state index is -3.96. The monoisotopic (exact) mass is 362 g/mol. The van der Waals surface area contributed by atoms with Gasteiger partial charge in [-0.05, 0) is 35.2 Å². The number of phenols is 1. The van der Waals surface area contributed by atoms with E-state index in [9.17, 15) is 23.4 Å². The van der Waals surface area contributed by atoms with E-state index in [0.717, 1.165) is 0 Å². The fraction of sp³-hybridized carbons (Fsp3) is 0.316. The molecule has 0 bridgehead atoms. The van der Waals surface area contributed by atoms with Crippen LogP contribution < -0.4 is 0 Å². The van der Waals surface area contributed by atoms with Crippen molar-refractivity contribution in [2.75, 3.05) is 0 Å². The number of aliphatic carboxylic acids is 1. The number of hydrogen-bond donors (Lipinski definition) is 2. The molecule has 0 saturated heterocycles. The van der Waals surface area contributed by atoms with E-state index in [1.807, 2.05) is 0 Å². The van der Waals surface area contributed by atoms with E-state index >= 15 is 0 Å². The molecule has 2 aromatic rings. The number of sulfone groups is 1. The molecule has 0 radical (unpaired) electrons. The zero-order chi connectivity index (χ0) is 18.8. The second-order valence-electron chi connectivity index (χ2n) is 7.05. The van der Waals surface area contributed by atoms with Gasteiger partial charge in [0.2, 0.25) is 0 Å². The van der Waals surface area contributed by atoms with Gasteiger partial charge >= 0.3 is 5.97 Å². The zero-order valence-electron chi connectivity index (χ0n) is 14.4. The fourth-order valence-electron chi connectivity index (χ4n) is 2.93. The average Bonchev–Trinajstić information content (AvgIpc) is 2.52. The molecule has 25 heavy (non-hydrogen) atoms. The molecule has 0 amide bonds. The summed E-state index contributed by atoms with van der Waals surface area (Å²) in [6.45, 7) is 5.12. The number of hydrogen-bond acceptors (Lipinski definition) is 4. The summed E-state index contributed by atoms with van der Waals surface area (Å²) in [4.78, 5) is 12.1. The van der Waals surface area contributed by atoms with Crippen LogP contribution in [0, 0.1) is 11.3 Å². The van der Waals surface area contributed by atoms with E-state index in [-0.39, 0.29) is 10.6 Å². The van der Waals surface area contributed by atoms with Crippen LogP contribution in [0.2, 0.25) is 0 Å². The predicted molar refractivity (Wildman–Crippen MR) is 95.1 cm³/mol. The van der Waals surface area contributed by atoms with Gasteiger partial charge in [0.05, 0.1) is 10.8 Å². The molecule has 2 aromatic carbocycles. The molecule has 0 heterocycles. The molecule has 134 valence electrons. The Morgan fingerprint density at radius 2 is 1.48 bits per heavy atom. The van der Waals surface area contributed by atoms with Gasteiger partial charge in [0.15, 0.2) is 9.84 Å². The van der Waals surface area contributed by atoms with Gasteiger partial charge in [-0.2, -0.15) is 0 Å². The van der Waals surface area contributed by atoms with Crippen molar-refractivity contribution >= 4 is 15.8 Å². The number of carboxylic acid groups (broad SMARTS) is 1. The van der Waals surface area contributed by atoms with Crippen LogP contribution in [-0.4, -0.2) is 24.6 Å². The van der Waals surface area contributed by atoms with E-state index in [2.05, 4.69) is 0 Å². The summed E-state index contributed by atoms with van der Waals surface area (Å²) >= 11 is 0. The molecule has 0 aliphatic rings. The highest BCUT2D eigenvalue weighted by Crippen LogP contribution is 2.44. The highest BCUT2D eigenvalue weighted by atomic mass is 32.2. The summed E-state index contributed by atoms with van der Waals surface area (Å²) in [5.41, 5.74) is -0.458. The SMILES string of the molecule is CC(C)(C)C(C(=O)O)C(c1ccc(O)cc1)S(=O)(=O)c1ccccc1. The van der Waals surface area contributed by atoms with Crippen LogP contribution in [0.5, 0.6) is 5.75 Å². The van der Waals surface area contributed by atoms with Gasteiger partial charge in [0, 0.05) is 0 Å². The first-order chi connectivity index (χ1) is 11.5. The standard InChI is InChI=1S/C19H22O5S/c1-19(2,3)16(18(21)22)17(13-9-11-14(20)12-10-13)25(23,24)15-7-5-4-6-8-15/h4-12,16-17,20H,1-3H3,(H,21,22). The number of aromatic hydroxyl groups is 1. The summed E-state index contributed by atoms with van der Waals surface area (Å²) in [6.07, 6.45) is 0. The summed E-state index contributed by atoms with van der Waals surface area (Å²) in [7, 11) is -3.96. The number of rotatable bonds is 5. The van der Waals surface area contributed by atoms with Crippen LogP contribution in [0.3, 0.4) is 0 Å². The minimum Gasteiger partial charge on any atom is -0.508 e. The van der Waals surface area contributed by atoms with Crippen molar-refractivity contribution in [1.29, 1.82) is 0 Å². The van der Waals surface area contributed by atoms with Crippen LogP contribution in [0.1, 0.15) is 31.6 Å². The highest BCUT2D eigenvalue weighted by Gasteiger charge is 2.46. The fourth-order valence-corrected chi connectivity index (χ4v) is 5.15. The largest absolute Gasteiger partial charge is 0.508 e. The van der Waals surface area contributed by atoms with E-state index in [1.165, 1.54) is 36.4 Å².